The monoisotopic (exact) mass is 301 g/mol. The van der Waals surface area contributed by atoms with Gasteiger partial charge in [-0.25, -0.2) is 9.59 Å². The van der Waals surface area contributed by atoms with Gasteiger partial charge in [-0.15, -0.1) is 0 Å². The van der Waals surface area contributed by atoms with Gasteiger partial charge in [0.15, 0.2) is 0 Å². The highest BCUT2D eigenvalue weighted by atomic mass is 16.2. The van der Waals surface area contributed by atoms with E-state index in [4.69, 9.17) is 11.0 Å². The van der Waals surface area contributed by atoms with Crippen molar-refractivity contribution < 1.29 is 9.59 Å². The predicted molar refractivity (Wildman–Crippen MR) is 82.1 cm³/mol. The summed E-state index contributed by atoms with van der Waals surface area (Å²) in [6, 6.07) is 8.03. The number of piperidine rings is 1. The van der Waals surface area contributed by atoms with E-state index in [9.17, 15) is 9.59 Å². The summed E-state index contributed by atoms with van der Waals surface area (Å²) < 4.78 is 0. The lowest BCUT2D eigenvalue weighted by molar-refractivity contribution is 0.176. The molecule has 1 heterocycles. The molecule has 0 bridgehead atoms. The first-order valence-electron chi connectivity index (χ1n) is 7.18. The fourth-order valence-corrected chi connectivity index (χ4v) is 2.49. The molecule has 4 N–H and O–H groups in total. The molecule has 0 aromatic heterocycles. The third-order valence-electron chi connectivity index (χ3n) is 3.64. The second-order valence-corrected chi connectivity index (χ2v) is 5.32. The Morgan fingerprint density at radius 3 is 2.73 bits per heavy atom. The summed E-state index contributed by atoms with van der Waals surface area (Å²) in [7, 11) is 0. The number of nitrogens with zero attached hydrogens (tertiary/aromatic N) is 2. The lowest BCUT2D eigenvalue weighted by Gasteiger charge is -2.32. The van der Waals surface area contributed by atoms with E-state index in [-0.39, 0.29) is 11.9 Å². The average Bonchev–Trinajstić information content (AvgIpc) is 2.54. The zero-order valence-electron chi connectivity index (χ0n) is 12.2. The zero-order valence-corrected chi connectivity index (χ0v) is 12.2. The Morgan fingerprint density at radius 1 is 1.36 bits per heavy atom. The standard InChI is InChI=1S/C15H19N5O2/c16-8-11-3-5-13(6-4-11)19-15(22)20-7-1-2-12(10-20)9-18-14(17)21/h3-6,12H,1-2,7,9-10H2,(H,19,22)(H3,17,18,21)/t12-/m0/s1. The number of primary amides is 1. The van der Waals surface area contributed by atoms with Gasteiger partial charge < -0.3 is 21.3 Å². The Morgan fingerprint density at radius 2 is 2.09 bits per heavy atom. The number of carbonyl (C=O) groups excluding carboxylic acids is 2. The van der Waals surface area contributed by atoms with Crippen LogP contribution in [-0.4, -0.2) is 36.6 Å². The number of hydrogen-bond acceptors (Lipinski definition) is 3. The van der Waals surface area contributed by atoms with Crippen LogP contribution >= 0.6 is 0 Å². The molecule has 1 atom stereocenters. The summed E-state index contributed by atoms with van der Waals surface area (Å²) in [4.78, 5) is 24.7. The van der Waals surface area contributed by atoms with Crippen LogP contribution in [0, 0.1) is 17.2 Å². The molecule has 1 aliphatic heterocycles. The summed E-state index contributed by atoms with van der Waals surface area (Å²) in [6.45, 7) is 1.76. The maximum atomic E-state index is 12.2. The highest BCUT2D eigenvalue weighted by molar-refractivity contribution is 5.89. The molecule has 22 heavy (non-hydrogen) atoms. The number of hydrogen-bond donors (Lipinski definition) is 3. The number of urea groups is 2. The van der Waals surface area contributed by atoms with Crippen molar-refractivity contribution in [2.24, 2.45) is 11.7 Å². The Hall–Kier alpha value is -2.75. The van der Waals surface area contributed by atoms with Crippen molar-refractivity contribution >= 4 is 17.7 Å². The zero-order chi connectivity index (χ0) is 15.9. The minimum atomic E-state index is -0.542. The van der Waals surface area contributed by atoms with Gasteiger partial charge in [0.25, 0.3) is 0 Å². The Kier molecular flexibility index (Phi) is 5.20. The van der Waals surface area contributed by atoms with Gasteiger partial charge in [0, 0.05) is 25.3 Å². The predicted octanol–water partition coefficient (Wildman–Crippen LogP) is 1.47. The first-order valence-corrected chi connectivity index (χ1v) is 7.18. The highest BCUT2D eigenvalue weighted by Crippen LogP contribution is 2.17. The molecular formula is C15H19N5O2. The summed E-state index contributed by atoms with van der Waals surface area (Å²) in [5, 5.41) is 14.1. The number of likely N-dealkylation sites (tertiary alicyclic amines) is 1. The van der Waals surface area contributed by atoms with Gasteiger partial charge in [-0.1, -0.05) is 0 Å². The molecule has 7 nitrogen and oxygen atoms in total. The fourth-order valence-electron chi connectivity index (χ4n) is 2.49. The third kappa shape index (κ3) is 4.38. The van der Waals surface area contributed by atoms with E-state index in [1.54, 1.807) is 29.2 Å². The number of amides is 4. The van der Waals surface area contributed by atoms with Gasteiger partial charge in [-0.05, 0) is 43.0 Å². The number of benzene rings is 1. The van der Waals surface area contributed by atoms with Crippen molar-refractivity contribution in [2.75, 3.05) is 25.0 Å². The molecule has 116 valence electrons. The Labute approximate surface area is 129 Å². The molecule has 0 aliphatic carbocycles. The number of carbonyl (C=O) groups is 2. The van der Waals surface area contributed by atoms with Crippen LogP contribution in [0.25, 0.3) is 0 Å². The highest BCUT2D eigenvalue weighted by Gasteiger charge is 2.23. The van der Waals surface area contributed by atoms with Crippen LogP contribution in [0.3, 0.4) is 0 Å². The molecule has 1 aromatic rings. The number of nitrogens with one attached hydrogen (secondary N) is 2. The van der Waals surface area contributed by atoms with Crippen molar-refractivity contribution in [3.8, 4) is 6.07 Å². The van der Waals surface area contributed by atoms with Gasteiger partial charge in [0.05, 0.1) is 11.6 Å². The van der Waals surface area contributed by atoms with Crippen molar-refractivity contribution in [2.45, 2.75) is 12.8 Å². The van der Waals surface area contributed by atoms with Crippen LogP contribution in [-0.2, 0) is 0 Å². The van der Waals surface area contributed by atoms with Gasteiger partial charge in [0.1, 0.15) is 0 Å². The molecule has 0 spiro atoms. The van der Waals surface area contributed by atoms with Crippen molar-refractivity contribution in [3.63, 3.8) is 0 Å². The lowest BCUT2D eigenvalue weighted by atomic mass is 9.98. The topological polar surface area (TPSA) is 111 Å². The maximum absolute atomic E-state index is 12.2. The van der Waals surface area contributed by atoms with E-state index < -0.39 is 6.03 Å². The number of nitrogens with two attached hydrogens (primary N) is 1. The largest absolute Gasteiger partial charge is 0.352 e. The van der Waals surface area contributed by atoms with E-state index in [0.717, 1.165) is 12.8 Å². The third-order valence-corrected chi connectivity index (χ3v) is 3.64. The normalized spacial score (nSPS) is 17.4. The summed E-state index contributed by atoms with van der Waals surface area (Å²) >= 11 is 0. The number of rotatable bonds is 3. The average molecular weight is 301 g/mol. The summed E-state index contributed by atoms with van der Waals surface area (Å²) in [6.07, 6.45) is 1.85. The molecule has 0 radical (unpaired) electrons. The minimum Gasteiger partial charge on any atom is -0.352 e. The molecule has 4 amide bonds. The molecule has 2 rings (SSSR count). The van der Waals surface area contributed by atoms with E-state index in [1.807, 2.05) is 6.07 Å². The maximum Gasteiger partial charge on any atom is 0.321 e. The van der Waals surface area contributed by atoms with Gasteiger partial charge in [0.2, 0.25) is 0 Å². The number of anilines is 1. The van der Waals surface area contributed by atoms with E-state index >= 15 is 0 Å². The minimum absolute atomic E-state index is 0.173. The first-order chi connectivity index (χ1) is 10.6. The molecule has 0 unspecified atom stereocenters. The lowest BCUT2D eigenvalue weighted by Crippen LogP contribution is -2.46. The SMILES string of the molecule is N#Cc1ccc(NC(=O)N2CCC[C@@H](CNC(N)=O)C2)cc1. The molecule has 7 heteroatoms. The van der Waals surface area contributed by atoms with Gasteiger partial charge in [-0.2, -0.15) is 5.26 Å². The molecular weight excluding hydrogens is 282 g/mol. The molecule has 1 saturated heterocycles. The molecule has 1 aliphatic rings. The van der Waals surface area contributed by atoms with Crippen LogP contribution in [0.15, 0.2) is 24.3 Å². The Bertz CT molecular complexity index is 579. The van der Waals surface area contributed by atoms with Crippen LogP contribution in [0.2, 0.25) is 0 Å². The van der Waals surface area contributed by atoms with E-state index in [0.29, 0.717) is 30.9 Å². The van der Waals surface area contributed by atoms with Crippen molar-refractivity contribution in [3.05, 3.63) is 29.8 Å². The first kappa shape index (κ1) is 15.6. The van der Waals surface area contributed by atoms with Crippen molar-refractivity contribution in [1.29, 1.82) is 5.26 Å². The van der Waals surface area contributed by atoms with E-state index in [2.05, 4.69) is 10.6 Å². The van der Waals surface area contributed by atoms with Gasteiger partial charge in [-0.3, -0.25) is 0 Å². The molecule has 0 saturated carbocycles. The molecule has 1 aromatic carbocycles. The quantitative estimate of drug-likeness (QED) is 0.786. The second-order valence-electron chi connectivity index (χ2n) is 5.32. The summed E-state index contributed by atoms with van der Waals surface area (Å²) in [5.41, 5.74) is 6.27. The summed E-state index contributed by atoms with van der Waals surface area (Å²) in [5.74, 6) is 0.216. The van der Waals surface area contributed by atoms with Crippen LogP contribution in [0.4, 0.5) is 15.3 Å². The fraction of sp³-hybridized carbons (Fsp3) is 0.400. The van der Waals surface area contributed by atoms with Crippen LogP contribution in [0.5, 0.6) is 0 Å². The smallest absolute Gasteiger partial charge is 0.321 e. The van der Waals surface area contributed by atoms with Gasteiger partial charge >= 0.3 is 12.1 Å². The molecule has 1 fully saturated rings. The second kappa shape index (κ2) is 7.31. The number of nitriles is 1. The van der Waals surface area contributed by atoms with Crippen LogP contribution < -0.4 is 16.4 Å². The Balaban J connectivity index is 1.88. The van der Waals surface area contributed by atoms with Crippen molar-refractivity contribution in [1.82, 2.24) is 10.2 Å². The van der Waals surface area contributed by atoms with Crippen LogP contribution in [0.1, 0.15) is 18.4 Å². The van der Waals surface area contributed by atoms with E-state index in [1.165, 1.54) is 0 Å².